The summed E-state index contributed by atoms with van der Waals surface area (Å²) in [6, 6.07) is 106. The minimum Gasteiger partial charge on any atom is -0.309 e. The molecule has 13 aromatic rings. The fourth-order valence-corrected chi connectivity index (χ4v) is 10.7. The van der Waals surface area contributed by atoms with Crippen LogP contribution in [0.4, 0.5) is 0 Å². The highest BCUT2D eigenvalue weighted by atomic mass is 15.0. The van der Waals surface area contributed by atoms with Crippen LogP contribution in [0.2, 0.25) is 0 Å². The third-order valence-electron chi connectivity index (χ3n) is 14.1. The molecule has 2 heteroatoms. The third kappa shape index (κ3) is 7.82. The maximum absolute atomic E-state index is 2.51. The normalized spacial score (nSPS) is 11.3. The molecule has 0 saturated carbocycles. The van der Waals surface area contributed by atoms with Gasteiger partial charge in [-0.2, -0.15) is 0 Å². The Labute approximate surface area is 420 Å². The van der Waals surface area contributed by atoms with Crippen LogP contribution in [0.5, 0.6) is 0 Å². The fraction of sp³-hybridized carbons (Fsp3) is 0. The van der Waals surface area contributed by atoms with Crippen molar-refractivity contribution in [2.45, 2.75) is 0 Å². The Morgan fingerprint density at radius 3 is 1.06 bits per heavy atom. The Morgan fingerprint density at radius 1 is 0.208 bits per heavy atom. The van der Waals surface area contributed by atoms with Crippen molar-refractivity contribution >= 4 is 21.5 Å². The molecule has 0 radical (unpaired) electrons. The highest BCUT2D eigenvalue weighted by Crippen LogP contribution is 2.47. The average Bonchev–Trinajstić information content (AvgIpc) is 4.12. The van der Waals surface area contributed by atoms with E-state index in [0.717, 1.165) is 62.0 Å². The highest BCUT2D eigenvalue weighted by molar-refractivity contribution is 6.14. The maximum atomic E-state index is 2.51. The van der Waals surface area contributed by atoms with Gasteiger partial charge in [0, 0.05) is 11.3 Å². The summed E-state index contributed by atoms with van der Waals surface area (Å²) in [5, 5.41) is 4.70. The van der Waals surface area contributed by atoms with E-state index in [2.05, 4.69) is 300 Å². The van der Waals surface area contributed by atoms with Gasteiger partial charge in [-0.3, -0.25) is 0 Å². The zero-order valence-corrected chi connectivity index (χ0v) is 39.6. The number of rotatable bonds is 10. The summed E-state index contributed by atoms with van der Waals surface area (Å²) < 4.78 is 4.93. The Bertz CT molecular complexity index is 3930. The molecule has 0 unspecified atom stereocenters. The molecule has 0 aliphatic carbocycles. The van der Waals surface area contributed by atoms with E-state index in [9.17, 15) is 0 Å². The highest BCUT2D eigenvalue weighted by Gasteiger charge is 2.24. The molecular weight excluding hydrogens is 869 g/mol. The van der Waals surface area contributed by atoms with Crippen molar-refractivity contribution in [3.63, 3.8) is 0 Å². The van der Waals surface area contributed by atoms with Crippen molar-refractivity contribution in [2.75, 3.05) is 0 Å². The van der Waals surface area contributed by atoms with Crippen LogP contribution >= 0.6 is 0 Å². The second kappa shape index (κ2) is 18.4. The van der Waals surface area contributed by atoms with E-state index < -0.39 is 0 Å². The van der Waals surface area contributed by atoms with Crippen molar-refractivity contribution in [1.29, 1.82) is 0 Å². The Balaban J connectivity index is 1.14. The van der Waals surface area contributed by atoms with Crippen molar-refractivity contribution in [3.8, 4) is 101 Å². The zero-order chi connectivity index (χ0) is 47.8. The van der Waals surface area contributed by atoms with Gasteiger partial charge in [0.1, 0.15) is 0 Å². The Morgan fingerprint density at radius 2 is 0.583 bits per heavy atom. The number of aromatic nitrogens is 2. The predicted molar refractivity (Wildman–Crippen MR) is 304 cm³/mol. The monoisotopic (exact) mass is 916 g/mol. The molecule has 0 atom stereocenters. The summed E-state index contributed by atoms with van der Waals surface area (Å²) in [6.07, 6.45) is 0. The lowest BCUT2D eigenvalue weighted by Crippen LogP contribution is -2.04. The molecule has 2 aromatic heterocycles. The van der Waals surface area contributed by atoms with E-state index in [1.807, 2.05) is 0 Å². The van der Waals surface area contributed by atoms with Crippen LogP contribution in [-0.2, 0) is 0 Å². The van der Waals surface area contributed by atoms with Crippen molar-refractivity contribution in [1.82, 2.24) is 9.13 Å². The molecular formula is C70H48N2. The molecule has 11 aromatic carbocycles. The van der Waals surface area contributed by atoms with Gasteiger partial charge in [-0.25, -0.2) is 0 Å². The molecule has 2 heterocycles. The topological polar surface area (TPSA) is 9.86 Å². The van der Waals surface area contributed by atoms with Gasteiger partial charge in [-0.05, 0) is 149 Å². The average molecular weight is 917 g/mol. The number of hydrogen-bond donors (Lipinski definition) is 0. The van der Waals surface area contributed by atoms with Crippen LogP contribution in [0.1, 0.15) is 0 Å². The number of hydrogen-bond acceptors (Lipinski definition) is 0. The minimum atomic E-state index is 1.11. The Hall–Kier alpha value is -9.50. The van der Waals surface area contributed by atoms with E-state index in [1.165, 1.54) is 60.5 Å². The summed E-state index contributed by atoms with van der Waals surface area (Å²) in [5.41, 5.74) is 20.8. The first-order chi connectivity index (χ1) is 35.7. The standard InChI is InChI=1S/C70H48N2/c1-7-21-49(22-8-1)55-33-19-35-58(43-55)62-48-69(72-67(53-29-15-5-16-30-53)41-42-68(72)54-31-17-6-18-32-54)70(59-36-20-34-56(44-59)50-23-9-2-10-24-50)64-46-57-37-38-61(45-60(57)47-63(62)64)71-65(51-25-11-3-12-26-51)39-40-66(71)52-27-13-4-14-28-52/h1-48H. The SMILES string of the molecule is c1ccc(-c2cccc(-c3cc(-n4c(-c5ccccc5)ccc4-c4ccccc4)c(-c4cccc(-c5ccccc5)c4)c4cc5ccc(-n6c(-c7ccccc7)ccc6-c6ccccc6)cc5cc34)c2)cc1. The third-order valence-corrected chi connectivity index (χ3v) is 14.1. The molecule has 0 spiro atoms. The summed E-state index contributed by atoms with van der Waals surface area (Å²) in [5.74, 6) is 0. The second-order valence-electron chi connectivity index (χ2n) is 18.5. The van der Waals surface area contributed by atoms with Gasteiger partial charge in [-0.1, -0.05) is 224 Å². The maximum Gasteiger partial charge on any atom is 0.0553 e. The van der Waals surface area contributed by atoms with Crippen molar-refractivity contribution < 1.29 is 0 Å². The van der Waals surface area contributed by atoms with Crippen LogP contribution < -0.4 is 0 Å². The summed E-state index contributed by atoms with van der Waals surface area (Å²) >= 11 is 0. The van der Waals surface area contributed by atoms with Crippen LogP contribution in [0, 0.1) is 0 Å². The lowest BCUT2D eigenvalue weighted by atomic mass is 9.87. The van der Waals surface area contributed by atoms with Crippen LogP contribution in [0.15, 0.2) is 291 Å². The lowest BCUT2D eigenvalue weighted by Gasteiger charge is -2.23. The van der Waals surface area contributed by atoms with Gasteiger partial charge in [0.15, 0.2) is 0 Å². The fourth-order valence-electron chi connectivity index (χ4n) is 10.7. The van der Waals surface area contributed by atoms with Gasteiger partial charge in [0.25, 0.3) is 0 Å². The number of benzene rings is 11. The summed E-state index contributed by atoms with van der Waals surface area (Å²) in [6.45, 7) is 0. The molecule has 13 rings (SSSR count). The summed E-state index contributed by atoms with van der Waals surface area (Å²) in [4.78, 5) is 0. The van der Waals surface area contributed by atoms with Crippen LogP contribution in [0.3, 0.4) is 0 Å². The molecule has 338 valence electrons. The molecule has 2 nitrogen and oxygen atoms in total. The molecule has 72 heavy (non-hydrogen) atoms. The molecule has 0 bridgehead atoms. The summed E-state index contributed by atoms with van der Waals surface area (Å²) in [7, 11) is 0. The van der Waals surface area contributed by atoms with E-state index in [0.29, 0.717) is 0 Å². The van der Waals surface area contributed by atoms with Gasteiger partial charge >= 0.3 is 0 Å². The van der Waals surface area contributed by atoms with Gasteiger partial charge in [-0.15, -0.1) is 0 Å². The van der Waals surface area contributed by atoms with E-state index in [-0.39, 0.29) is 0 Å². The first-order valence-electron chi connectivity index (χ1n) is 24.7. The first kappa shape index (κ1) is 42.6. The minimum absolute atomic E-state index is 1.11. The Kier molecular flexibility index (Phi) is 10.9. The molecule has 0 N–H and O–H groups in total. The molecule has 0 aliphatic heterocycles. The van der Waals surface area contributed by atoms with Crippen molar-refractivity contribution in [3.05, 3.63) is 291 Å². The molecule has 0 saturated heterocycles. The molecule has 0 amide bonds. The number of nitrogens with zero attached hydrogens (tertiary/aromatic N) is 2. The van der Waals surface area contributed by atoms with E-state index >= 15 is 0 Å². The van der Waals surface area contributed by atoms with Gasteiger partial charge < -0.3 is 9.13 Å². The molecule has 0 fully saturated rings. The van der Waals surface area contributed by atoms with Crippen molar-refractivity contribution in [2.24, 2.45) is 0 Å². The quantitative estimate of drug-likeness (QED) is 0.121. The van der Waals surface area contributed by atoms with Gasteiger partial charge in [0.2, 0.25) is 0 Å². The zero-order valence-electron chi connectivity index (χ0n) is 39.6. The largest absolute Gasteiger partial charge is 0.309 e. The van der Waals surface area contributed by atoms with Crippen LogP contribution in [0.25, 0.3) is 122 Å². The van der Waals surface area contributed by atoms with E-state index in [1.54, 1.807) is 0 Å². The number of fused-ring (bicyclic) bond motifs is 2. The lowest BCUT2D eigenvalue weighted by molar-refractivity contribution is 1.10. The smallest absolute Gasteiger partial charge is 0.0553 e. The second-order valence-corrected chi connectivity index (χ2v) is 18.5. The predicted octanol–water partition coefficient (Wildman–Crippen LogP) is 18.9. The first-order valence-corrected chi connectivity index (χ1v) is 24.7. The molecule has 0 aliphatic rings. The van der Waals surface area contributed by atoms with Crippen LogP contribution in [-0.4, -0.2) is 9.13 Å². The van der Waals surface area contributed by atoms with Gasteiger partial charge in [0.05, 0.1) is 28.5 Å². The van der Waals surface area contributed by atoms with E-state index in [4.69, 9.17) is 0 Å².